The average Bonchev–Trinajstić information content (AvgIpc) is 2.63. The maximum atomic E-state index is 12.5. The minimum absolute atomic E-state index is 0.0418. The molecule has 2 fully saturated rings. The molecule has 0 N–H and O–H groups in total. The Bertz CT molecular complexity index is 600. The van der Waals surface area contributed by atoms with E-state index in [4.69, 9.17) is 0 Å². The summed E-state index contributed by atoms with van der Waals surface area (Å²) in [6, 6.07) is 3.76. The standard InChI is InChI=1S/C19H28N4O2/c1-15(24)17-3-4-18(20-14-17)22-7-5-16(6-8-22)13-19(25)23-11-9-21(2)10-12-23/h3-4,14,16H,5-13H2,1-2H3. The molecule has 2 aliphatic heterocycles. The fourth-order valence-corrected chi connectivity index (χ4v) is 3.58. The largest absolute Gasteiger partial charge is 0.357 e. The Labute approximate surface area is 149 Å². The van der Waals surface area contributed by atoms with E-state index in [-0.39, 0.29) is 5.78 Å². The number of likely N-dealkylation sites (N-methyl/N-ethyl adjacent to an activating group) is 1. The molecule has 6 heteroatoms. The summed E-state index contributed by atoms with van der Waals surface area (Å²) >= 11 is 0. The highest BCUT2D eigenvalue weighted by Gasteiger charge is 2.25. The molecule has 0 bridgehead atoms. The lowest BCUT2D eigenvalue weighted by atomic mass is 9.93. The van der Waals surface area contributed by atoms with Crippen molar-refractivity contribution < 1.29 is 9.59 Å². The zero-order chi connectivity index (χ0) is 17.8. The van der Waals surface area contributed by atoms with Gasteiger partial charge in [0.25, 0.3) is 0 Å². The van der Waals surface area contributed by atoms with Crippen molar-refractivity contribution in [1.82, 2.24) is 14.8 Å². The molecular weight excluding hydrogens is 316 g/mol. The Balaban J connectivity index is 1.47. The number of piperidine rings is 1. The van der Waals surface area contributed by atoms with Crippen LogP contribution in [0, 0.1) is 5.92 Å². The summed E-state index contributed by atoms with van der Waals surface area (Å²) < 4.78 is 0. The van der Waals surface area contributed by atoms with E-state index in [9.17, 15) is 9.59 Å². The van der Waals surface area contributed by atoms with E-state index in [2.05, 4.69) is 21.8 Å². The molecule has 0 aliphatic carbocycles. The third-order valence-electron chi connectivity index (χ3n) is 5.41. The van der Waals surface area contributed by atoms with E-state index in [1.165, 1.54) is 0 Å². The van der Waals surface area contributed by atoms with Gasteiger partial charge in [-0.15, -0.1) is 0 Å². The van der Waals surface area contributed by atoms with Crippen molar-refractivity contribution in [3.63, 3.8) is 0 Å². The molecule has 0 radical (unpaired) electrons. The van der Waals surface area contributed by atoms with Crippen LogP contribution in [0.5, 0.6) is 0 Å². The second kappa shape index (κ2) is 7.95. The molecular formula is C19H28N4O2. The number of nitrogens with zero attached hydrogens (tertiary/aromatic N) is 4. The summed E-state index contributed by atoms with van der Waals surface area (Å²) in [4.78, 5) is 34.8. The van der Waals surface area contributed by atoms with Crippen molar-refractivity contribution in [2.24, 2.45) is 5.92 Å². The smallest absolute Gasteiger partial charge is 0.222 e. The van der Waals surface area contributed by atoms with Crippen molar-refractivity contribution in [3.8, 4) is 0 Å². The van der Waals surface area contributed by atoms with Gasteiger partial charge in [-0.1, -0.05) is 0 Å². The van der Waals surface area contributed by atoms with Crippen LogP contribution in [0.1, 0.15) is 36.5 Å². The molecule has 25 heavy (non-hydrogen) atoms. The molecule has 1 amide bonds. The Kier molecular flexibility index (Phi) is 5.68. The summed E-state index contributed by atoms with van der Waals surface area (Å²) in [5.74, 6) is 1.75. The molecule has 0 unspecified atom stereocenters. The van der Waals surface area contributed by atoms with Crippen LogP contribution in [0.4, 0.5) is 5.82 Å². The number of carbonyl (C=O) groups is 2. The highest BCUT2D eigenvalue weighted by molar-refractivity contribution is 5.93. The normalized spacial score (nSPS) is 19.9. The molecule has 3 heterocycles. The summed E-state index contributed by atoms with van der Waals surface area (Å²) in [5.41, 5.74) is 0.649. The van der Waals surface area contributed by atoms with Crippen molar-refractivity contribution in [3.05, 3.63) is 23.9 Å². The Morgan fingerprint density at radius 1 is 1.08 bits per heavy atom. The van der Waals surface area contributed by atoms with Gasteiger partial charge in [0.1, 0.15) is 5.82 Å². The second-order valence-electron chi connectivity index (χ2n) is 7.28. The van der Waals surface area contributed by atoms with Crippen LogP contribution < -0.4 is 4.90 Å². The predicted octanol–water partition coefficient (Wildman–Crippen LogP) is 1.66. The Morgan fingerprint density at radius 3 is 2.32 bits per heavy atom. The first-order valence-electron chi connectivity index (χ1n) is 9.21. The first-order chi connectivity index (χ1) is 12.0. The number of rotatable bonds is 4. The second-order valence-corrected chi connectivity index (χ2v) is 7.28. The number of amides is 1. The fraction of sp³-hybridized carbons (Fsp3) is 0.632. The third-order valence-corrected chi connectivity index (χ3v) is 5.41. The van der Waals surface area contributed by atoms with Gasteiger partial charge in [-0.3, -0.25) is 9.59 Å². The first-order valence-corrected chi connectivity index (χ1v) is 9.21. The lowest BCUT2D eigenvalue weighted by Gasteiger charge is -2.35. The number of hydrogen-bond donors (Lipinski definition) is 0. The maximum absolute atomic E-state index is 12.5. The summed E-state index contributed by atoms with van der Waals surface area (Å²) in [6.45, 7) is 7.08. The molecule has 6 nitrogen and oxygen atoms in total. The number of pyridine rings is 1. The van der Waals surface area contributed by atoms with Crippen molar-refractivity contribution >= 4 is 17.5 Å². The molecule has 2 aliphatic rings. The third kappa shape index (κ3) is 4.57. The van der Waals surface area contributed by atoms with Crippen molar-refractivity contribution in [2.75, 3.05) is 51.2 Å². The van der Waals surface area contributed by atoms with E-state index in [0.29, 0.717) is 23.8 Å². The van der Waals surface area contributed by atoms with Crippen LogP contribution in [0.2, 0.25) is 0 Å². The van der Waals surface area contributed by atoms with Crippen molar-refractivity contribution in [2.45, 2.75) is 26.2 Å². The van der Waals surface area contributed by atoms with Gasteiger partial charge < -0.3 is 14.7 Å². The number of Topliss-reactive ketones (excluding diaryl/α,β-unsaturated/α-hetero) is 1. The molecule has 0 saturated carbocycles. The van der Waals surface area contributed by atoms with Crippen LogP contribution in [0.25, 0.3) is 0 Å². The molecule has 0 aromatic carbocycles. The van der Waals surface area contributed by atoms with Gasteiger partial charge in [0.05, 0.1) is 0 Å². The summed E-state index contributed by atoms with van der Waals surface area (Å²) in [6.07, 6.45) is 4.38. The number of ketones is 1. The molecule has 1 aromatic heterocycles. The quantitative estimate of drug-likeness (QED) is 0.778. The van der Waals surface area contributed by atoms with E-state index >= 15 is 0 Å². The van der Waals surface area contributed by atoms with Gasteiger partial charge in [-0.25, -0.2) is 4.98 Å². The van der Waals surface area contributed by atoms with Gasteiger partial charge in [0, 0.05) is 57.4 Å². The zero-order valence-electron chi connectivity index (χ0n) is 15.3. The minimum Gasteiger partial charge on any atom is -0.357 e. The van der Waals surface area contributed by atoms with Crippen LogP contribution in [0.15, 0.2) is 18.3 Å². The van der Waals surface area contributed by atoms with E-state index in [1.54, 1.807) is 13.1 Å². The lowest BCUT2D eigenvalue weighted by Crippen LogP contribution is -2.47. The summed E-state index contributed by atoms with van der Waals surface area (Å²) in [5, 5.41) is 0. The molecule has 1 aromatic rings. The number of hydrogen-bond acceptors (Lipinski definition) is 5. The predicted molar refractivity (Wildman–Crippen MR) is 97.9 cm³/mol. The number of carbonyl (C=O) groups excluding carboxylic acids is 2. The van der Waals surface area contributed by atoms with Gasteiger partial charge in [0.15, 0.2) is 5.78 Å². The Morgan fingerprint density at radius 2 is 1.76 bits per heavy atom. The highest BCUT2D eigenvalue weighted by atomic mass is 16.2. The average molecular weight is 344 g/mol. The topological polar surface area (TPSA) is 56.8 Å². The van der Waals surface area contributed by atoms with E-state index < -0.39 is 0 Å². The molecule has 2 saturated heterocycles. The van der Waals surface area contributed by atoms with Crippen LogP contribution >= 0.6 is 0 Å². The minimum atomic E-state index is 0.0418. The maximum Gasteiger partial charge on any atom is 0.222 e. The highest BCUT2D eigenvalue weighted by Crippen LogP contribution is 2.25. The zero-order valence-corrected chi connectivity index (χ0v) is 15.3. The first kappa shape index (κ1) is 17.9. The number of piperazine rings is 1. The number of anilines is 1. The van der Waals surface area contributed by atoms with Crippen LogP contribution in [-0.4, -0.2) is 72.8 Å². The number of aromatic nitrogens is 1. The van der Waals surface area contributed by atoms with Crippen molar-refractivity contribution in [1.29, 1.82) is 0 Å². The van der Waals surface area contributed by atoms with Gasteiger partial charge >= 0.3 is 0 Å². The van der Waals surface area contributed by atoms with E-state index in [1.807, 2.05) is 17.0 Å². The molecule has 3 rings (SSSR count). The van der Waals surface area contributed by atoms with Crippen LogP contribution in [0.3, 0.4) is 0 Å². The monoisotopic (exact) mass is 344 g/mol. The summed E-state index contributed by atoms with van der Waals surface area (Å²) in [7, 11) is 2.11. The molecule has 0 atom stereocenters. The Hall–Kier alpha value is -1.95. The molecule has 0 spiro atoms. The van der Waals surface area contributed by atoms with Gasteiger partial charge in [-0.05, 0) is 44.9 Å². The van der Waals surface area contributed by atoms with Gasteiger partial charge in [-0.2, -0.15) is 0 Å². The molecule has 136 valence electrons. The van der Waals surface area contributed by atoms with E-state index in [0.717, 1.165) is 57.9 Å². The van der Waals surface area contributed by atoms with Gasteiger partial charge in [0.2, 0.25) is 5.91 Å². The van der Waals surface area contributed by atoms with Crippen LogP contribution in [-0.2, 0) is 4.79 Å². The SMILES string of the molecule is CC(=O)c1ccc(N2CCC(CC(=O)N3CCN(C)CC3)CC2)nc1. The fourth-order valence-electron chi connectivity index (χ4n) is 3.58. The lowest BCUT2D eigenvalue weighted by molar-refractivity contribution is -0.133.